The highest BCUT2D eigenvalue weighted by Crippen LogP contribution is 2.27. The van der Waals surface area contributed by atoms with Gasteiger partial charge in [0, 0.05) is 11.6 Å². The van der Waals surface area contributed by atoms with Crippen molar-refractivity contribution in [1.29, 1.82) is 0 Å². The first-order valence-corrected chi connectivity index (χ1v) is 9.76. The summed E-state index contributed by atoms with van der Waals surface area (Å²) in [6.45, 7) is 3.58. The van der Waals surface area contributed by atoms with Crippen LogP contribution in [0, 0.1) is 12.7 Å². The molecule has 0 aliphatic heterocycles. The maximum absolute atomic E-state index is 13.2. The van der Waals surface area contributed by atoms with Crippen molar-refractivity contribution in [3.8, 4) is 11.3 Å². The molecular formula is C21H17FN4O2S. The molecule has 0 aliphatic rings. The summed E-state index contributed by atoms with van der Waals surface area (Å²) in [4.78, 5) is 29.4. The minimum atomic E-state index is -0.850. The Balaban J connectivity index is 1.59. The molecule has 1 unspecified atom stereocenters. The van der Waals surface area contributed by atoms with E-state index in [1.807, 2.05) is 25.1 Å². The zero-order valence-electron chi connectivity index (χ0n) is 15.7. The van der Waals surface area contributed by atoms with E-state index in [1.54, 1.807) is 25.1 Å². The minimum Gasteiger partial charge on any atom is -0.300 e. The second kappa shape index (κ2) is 7.56. The first-order chi connectivity index (χ1) is 13.9. The molecule has 0 saturated heterocycles. The Labute approximate surface area is 169 Å². The van der Waals surface area contributed by atoms with Crippen molar-refractivity contribution in [2.24, 2.45) is 0 Å². The normalized spacial score (nSPS) is 12.1. The molecule has 0 spiro atoms. The summed E-state index contributed by atoms with van der Waals surface area (Å²) in [7, 11) is 0. The Morgan fingerprint density at radius 3 is 2.66 bits per heavy atom. The number of hydrogen-bond donors (Lipinski definition) is 1. The van der Waals surface area contributed by atoms with Crippen LogP contribution in [0.1, 0.15) is 18.5 Å². The number of aromatic nitrogens is 3. The molecule has 6 nitrogen and oxygen atoms in total. The van der Waals surface area contributed by atoms with E-state index in [1.165, 1.54) is 29.5 Å². The van der Waals surface area contributed by atoms with Crippen LogP contribution in [0.25, 0.3) is 21.5 Å². The molecule has 29 heavy (non-hydrogen) atoms. The fraction of sp³-hybridized carbons (Fsp3) is 0.143. The van der Waals surface area contributed by atoms with E-state index in [4.69, 9.17) is 0 Å². The van der Waals surface area contributed by atoms with Gasteiger partial charge in [-0.05, 0) is 61.9 Å². The molecule has 0 fully saturated rings. The van der Waals surface area contributed by atoms with Crippen molar-refractivity contribution in [3.05, 3.63) is 76.3 Å². The van der Waals surface area contributed by atoms with Gasteiger partial charge in [-0.15, -0.1) is 0 Å². The molecule has 0 bridgehead atoms. The molecule has 2 heterocycles. The van der Waals surface area contributed by atoms with Gasteiger partial charge in [-0.2, -0.15) is 5.10 Å². The third-order valence-electron chi connectivity index (χ3n) is 4.49. The molecule has 1 N–H and O–H groups in total. The van der Waals surface area contributed by atoms with Crippen molar-refractivity contribution >= 4 is 32.6 Å². The number of carbonyl (C=O) groups excluding carboxylic acids is 1. The third-order valence-corrected chi connectivity index (χ3v) is 5.42. The number of carbonyl (C=O) groups is 1. The molecule has 1 atom stereocenters. The molecule has 4 rings (SSSR count). The van der Waals surface area contributed by atoms with E-state index >= 15 is 0 Å². The largest absolute Gasteiger partial charge is 0.300 e. The van der Waals surface area contributed by atoms with Gasteiger partial charge >= 0.3 is 0 Å². The summed E-state index contributed by atoms with van der Waals surface area (Å²) >= 11 is 1.37. The van der Waals surface area contributed by atoms with E-state index in [2.05, 4.69) is 15.4 Å². The zero-order valence-corrected chi connectivity index (χ0v) is 16.5. The maximum atomic E-state index is 13.2. The number of nitrogens with one attached hydrogen (secondary N) is 1. The van der Waals surface area contributed by atoms with Crippen molar-refractivity contribution in [3.63, 3.8) is 0 Å². The molecular weight excluding hydrogens is 391 g/mol. The lowest BCUT2D eigenvalue weighted by Gasteiger charge is -2.14. The number of hydrogen-bond acceptors (Lipinski definition) is 5. The fourth-order valence-corrected chi connectivity index (χ4v) is 3.85. The Bertz CT molecular complexity index is 1260. The number of aryl methyl sites for hydroxylation is 1. The van der Waals surface area contributed by atoms with Gasteiger partial charge in [0.15, 0.2) is 5.13 Å². The number of halogens is 1. The second-order valence-electron chi connectivity index (χ2n) is 6.66. The Morgan fingerprint density at radius 2 is 1.90 bits per heavy atom. The standard InChI is InChI=1S/C21H17FN4O2S/c1-12-3-8-17-18(11-12)29-21(23-17)24-20(28)13(2)26-19(27)10-9-16(25-26)14-4-6-15(22)7-5-14/h3-11,13H,1-2H3,(H,23,24,28). The quantitative estimate of drug-likeness (QED) is 0.550. The second-order valence-corrected chi connectivity index (χ2v) is 7.69. The Morgan fingerprint density at radius 1 is 1.14 bits per heavy atom. The molecule has 1 amide bonds. The van der Waals surface area contributed by atoms with Gasteiger partial charge in [0.2, 0.25) is 0 Å². The highest BCUT2D eigenvalue weighted by Gasteiger charge is 2.19. The Kier molecular flexibility index (Phi) is 4.94. The summed E-state index contributed by atoms with van der Waals surface area (Å²) in [5.41, 5.74) is 2.63. The fourth-order valence-electron chi connectivity index (χ4n) is 2.88. The monoisotopic (exact) mass is 408 g/mol. The van der Waals surface area contributed by atoms with E-state index in [9.17, 15) is 14.0 Å². The lowest BCUT2D eigenvalue weighted by Crippen LogP contribution is -2.33. The number of rotatable bonds is 4. The highest BCUT2D eigenvalue weighted by atomic mass is 32.1. The molecule has 2 aromatic carbocycles. The van der Waals surface area contributed by atoms with Crippen LogP contribution < -0.4 is 10.9 Å². The van der Waals surface area contributed by atoms with Crippen LogP contribution in [0.15, 0.2) is 59.4 Å². The maximum Gasteiger partial charge on any atom is 0.267 e. The lowest BCUT2D eigenvalue weighted by atomic mass is 10.1. The smallest absolute Gasteiger partial charge is 0.267 e. The van der Waals surface area contributed by atoms with Gasteiger partial charge in [0.25, 0.3) is 11.5 Å². The van der Waals surface area contributed by atoms with Crippen LogP contribution in [0.5, 0.6) is 0 Å². The molecule has 146 valence electrons. The van der Waals surface area contributed by atoms with Crippen molar-refractivity contribution in [2.45, 2.75) is 19.9 Å². The predicted octanol–water partition coefficient (Wildman–Crippen LogP) is 4.17. The number of benzene rings is 2. The van der Waals surface area contributed by atoms with Crippen LogP contribution in [-0.4, -0.2) is 20.7 Å². The van der Waals surface area contributed by atoms with Gasteiger partial charge in [0.05, 0.1) is 15.9 Å². The third kappa shape index (κ3) is 3.93. The SMILES string of the molecule is Cc1ccc2nc(NC(=O)C(C)n3nc(-c4ccc(F)cc4)ccc3=O)sc2c1. The van der Waals surface area contributed by atoms with Crippen LogP contribution in [0.2, 0.25) is 0 Å². The van der Waals surface area contributed by atoms with Crippen molar-refractivity contribution in [1.82, 2.24) is 14.8 Å². The molecule has 0 aliphatic carbocycles. The van der Waals surface area contributed by atoms with Crippen LogP contribution >= 0.6 is 11.3 Å². The van der Waals surface area contributed by atoms with E-state index in [0.717, 1.165) is 20.5 Å². The van der Waals surface area contributed by atoms with Gasteiger partial charge in [0.1, 0.15) is 11.9 Å². The molecule has 0 saturated carbocycles. The van der Waals surface area contributed by atoms with Gasteiger partial charge < -0.3 is 5.32 Å². The van der Waals surface area contributed by atoms with Crippen molar-refractivity contribution < 1.29 is 9.18 Å². The predicted molar refractivity (Wildman–Crippen MR) is 112 cm³/mol. The van der Waals surface area contributed by atoms with Crippen LogP contribution in [0.3, 0.4) is 0 Å². The molecule has 4 aromatic rings. The molecule has 8 heteroatoms. The molecule has 0 radical (unpaired) electrons. The first kappa shape index (κ1) is 18.9. The van der Waals surface area contributed by atoms with Crippen LogP contribution in [-0.2, 0) is 4.79 Å². The minimum absolute atomic E-state index is 0.360. The number of fused-ring (bicyclic) bond motifs is 1. The van der Waals surface area contributed by atoms with E-state index in [-0.39, 0.29) is 5.82 Å². The summed E-state index contributed by atoms with van der Waals surface area (Å²) in [6.07, 6.45) is 0. The summed E-state index contributed by atoms with van der Waals surface area (Å²) in [6, 6.07) is 13.7. The summed E-state index contributed by atoms with van der Waals surface area (Å²) in [5.74, 6) is -0.757. The average Bonchev–Trinajstić information content (AvgIpc) is 3.09. The summed E-state index contributed by atoms with van der Waals surface area (Å²) in [5, 5.41) is 7.52. The zero-order chi connectivity index (χ0) is 20.5. The number of amides is 1. The average molecular weight is 408 g/mol. The summed E-state index contributed by atoms with van der Waals surface area (Å²) < 4.78 is 15.2. The topological polar surface area (TPSA) is 76.9 Å². The van der Waals surface area contributed by atoms with Gasteiger partial charge in [-0.1, -0.05) is 17.4 Å². The highest BCUT2D eigenvalue weighted by molar-refractivity contribution is 7.22. The van der Waals surface area contributed by atoms with Gasteiger partial charge in [-0.3, -0.25) is 9.59 Å². The van der Waals surface area contributed by atoms with Crippen molar-refractivity contribution in [2.75, 3.05) is 5.32 Å². The van der Waals surface area contributed by atoms with E-state index < -0.39 is 17.5 Å². The lowest BCUT2D eigenvalue weighted by molar-refractivity contribution is -0.119. The number of nitrogens with zero attached hydrogens (tertiary/aromatic N) is 3. The Hall–Kier alpha value is -3.39. The number of anilines is 1. The van der Waals surface area contributed by atoms with E-state index in [0.29, 0.717) is 16.4 Å². The molecule has 2 aromatic heterocycles. The van der Waals surface area contributed by atoms with Crippen LogP contribution in [0.4, 0.5) is 9.52 Å². The van der Waals surface area contributed by atoms with Gasteiger partial charge in [-0.25, -0.2) is 14.1 Å². The number of thiazole rings is 1. The first-order valence-electron chi connectivity index (χ1n) is 8.94.